The van der Waals surface area contributed by atoms with Crippen molar-refractivity contribution in [2.75, 3.05) is 26.9 Å². The highest BCUT2D eigenvalue weighted by Gasteiger charge is 2.20. The molecule has 0 saturated heterocycles. The second-order valence-corrected chi connectivity index (χ2v) is 11.7. The van der Waals surface area contributed by atoms with Gasteiger partial charge in [0.15, 0.2) is 11.5 Å². The lowest BCUT2D eigenvalue weighted by Gasteiger charge is -2.19. The SMILES string of the molecule is CCCCOc1ccc(COc2cc(C(=O)OC)cc(OCc3ccc(OCCCC)cc3)c2OCc2ccc(OCCCC)cc2)cc1. The molecule has 0 heterocycles. The van der Waals surface area contributed by atoms with Crippen molar-refractivity contribution in [1.29, 1.82) is 0 Å². The van der Waals surface area contributed by atoms with Gasteiger partial charge in [-0.15, -0.1) is 0 Å². The summed E-state index contributed by atoms with van der Waals surface area (Å²) >= 11 is 0. The molecule has 0 bridgehead atoms. The Bertz CT molecular complexity index is 1450. The van der Waals surface area contributed by atoms with E-state index in [1.165, 1.54) is 7.11 Å². The van der Waals surface area contributed by atoms with Crippen LogP contribution in [0.3, 0.4) is 0 Å². The summed E-state index contributed by atoms with van der Waals surface area (Å²) in [6.07, 6.45) is 6.24. The van der Waals surface area contributed by atoms with Crippen molar-refractivity contribution in [1.82, 2.24) is 0 Å². The van der Waals surface area contributed by atoms with Crippen molar-refractivity contribution < 1.29 is 38.0 Å². The minimum Gasteiger partial charge on any atom is -0.494 e. The predicted octanol–water partition coefficient (Wildman–Crippen LogP) is 9.75. The molecular formula is C41H50O8. The third kappa shape index (κ3) is 12.3. The molecule has 0 spiro atoms. The Balaban J connectivity index is 1.56. The lowest BCUT2D eigenvalue weighted by atomic mass is 10.1. The predicted molar refractivity (Wildman–Crippen MR) is 191 cm³/mol. The maximum atomic E-state index is 12.8. The van der Waals surface area contributed by atoms with Gasteiger partial charge in [-0.25, -0.2) is 4.79 Å². The van der Waals surface area contributed by atoms with Crippen LogP contribution in [0.5, 0.6) is 34.5 Å². The summed E-state index contributed by atoms with van der Waals surface area (Å²) in [7, 11) is 1.34. The molecule has 8 nitrogen and oxygen atoms in total. The number of ether oxygens (including phenoxy) is 7. The first-order chi connectivity index (χ1) is 24.0. The van der Waals surface area contributed by atoms with Crippen LogP contribution < -0.4 is 28.4 Å². The standard InChI is InChI=1S/C41H50O8/c1-5-8-23-44-35-17-11-31(12-18-35)28-47-38-26-34(41(42)43-4)27-39(48-29-32-13-19-36(20-14-32)45-24-9-6-2)40(38)49-30-33-15-21-37(22-16-33)46-25-10-7-3/h11-22,26-27H,5-10,23-25,28-30H2,1-4H3. The van der Waals surface area contributed by atoms with Gasteiger partial charge in [0.2, 0.25) is 5.75 Å². The Morgan fingerprint density at radius 2 is 0.837 bits per heavy atom. The largest absolute Gasteiger partial charge is 0.494 e. The van der Waals surface area contributed by atoms with E-state index in [-0.39, 0.29) is 25.4 Å². The lowest BCUT2D eigenvalue weighted by Crippen LogP contribution is -2.08. The number of hydrogen-bond donors (Lipinski definition) is 0. The van der Waals surface area contributed by atoms with E-state index in [0.717, 1.165) is 72.5 Å². The van der Waals surface area contributed by atoms with Crippen LogP contribution in [0, 0.1) is 0 Å². The second-order valence-electron chi connectivity index (χ2n) is 11.7. The number of hydrogen-bond acceptors (Lipinski definition) is 8. The summed E-state index contributed by atoms with van der Waals surface area (Å²) in [5.74, 6) is 3.04. The Labute approximate surface area is 291 Å². The number of rotatable bonds is 22. The summed E-state index contributed by atoms with van der Waals surface area (Å²) in [6, 6.07) is 26.7. The molecule has 0 radical (unpaired) electrons. The van der Waals surface area contributed by atoms with E-state index in [0.29, 0.717) is 37.1 Å². The molecule has 0 aromatic heterocycles. The van der Waals surface area contributed by atoms with Gasteiger partial charge in [-0.1, -0.05) is 76.4 Å². The zero-order chi connectivity index (χ0) is 34.7. The van der Waals surface area contributed by atoms with Crippen molar-refractivity contribution in [3.63, 3.8) is 0 Å². The van der Waals surface area contributed by atoms with Crippen LogP contribution >= 0.6 is 0 Å². The third-order valence-corrected chi connectivity index (χ3v) is 7.68. The molecule has 49 heavy (non-hydrogen) atoms. The summed E-state index contributed by atoms with van der Waals surface area (Å²) in [5, 5.41) is 0. The molecule has 0 unspecified atom stereocenters. The van der Waals surface area contributed by atoms with E-state index >= 15 is 0 Å². The Hall–Kier alpha value is -4.85. The van der Waals surface area contributed by atoms with E-state index < -0.39 is 5.97 Å². The van der Waals surface area contributed by atoms with Crippen LogP contribution in [0.2, 0.25) is 0 Å². The summed E-state index contributed by atoms with van der Waals surface area (Å²) in [4.78, 5) is 12.8. The first-order valence-electron chi connectivity index (χ1n) is 17.3. The van der Waals surface area contributed by atoms with Crippen LogP contribution in [0.1, 0.15) is 86.3 Å². The summed E-state index contributed by atoms with van der Waals surface area (Å²) in [6.45, 7) is 9.17. The zero-order valence-electron chi connectivity index (χ0n) is 29.3. The number of methoxy groups -OCH3 is 1. The van der Waals surface area contributed by atoms with Crippen molar-refractivity contribution >= 4 is 5.97 Å². The molecule has 0 amide bonds. The molecule has 0 aliphatic heterocycles. The van der Waals surface area contributed by atoms with Gasteiger partial charge in [-0.2, -0.15) is 0 Å². The average Bonchev–Trinajstić information content (AvgIpc) is 3.14. The van der Waals surface area contributed by atoms with Crippen molar-refractivity contribution in [2.45, 2.75) is 79.1 Å². The van der Waals surface area contributed by atoms with Gasteiger partial charge >= 0.3 is 5.97 Å². The molecule has 0 saturated carbocycles. The molecular weight excluding hydrogens is 620 g/mol. The fraction of sp³-hybridized carbons (Fsp3) is 0.390. The van der Waals surface area contributed by atoms with E-state index in [4.69, 9.17) is 33.2 Å². The minimum absolute atomic E-state index is 0.235. The third-order valence-electron chi connectivity index (χ3n) is 7.68. The maximum absolute atomic E-state index is 12.8. The highest BCUT2D eigenvalue weighted by Crippen LogP contribution is 2.41. The molecule has 4 aromatic rings. The Morgan fingerprint density at radius 3 is 1.16 bits per heavy atom. The number of carbonyl (C=O) groups is 1. The molecule has 0 aliphatic carbocycles. The van der Waals surface area contributed by atoms with Gasteiger partial charge in [0, 0.05) is 0 Å². The van der Waals surface area contributed by atoms with E-state index in [1.54, 1.807) is 12.1 Å². The Kier molecular flexibility index (Phi) is 15.5. The molecule has 4 rings (SSSR count). The van der Waals surface area contributed by atoms with Gasteiger partial charge in [-0.05, 0) is 84.5 Å². The van der Waals surface area contributed by atoms with Crippen LogP contribution in [0.15, 0.2) is 84.9 Å². The number of esters is 1. The normalized spacial score (nSPS) is 10.7. The Morgan fingerprint density at radius 1 is 0.490 bits per heavy atom. The van der Waals surface area contributed by atoms with Crippen molar-refractivity contribution in [2.24, 2.45) is 0 Å². The van der Waals surface area contributed by atoms with Crippen LogP contribution in [-0.4, -0.2) is 32.9 Å². The molecule has 0 aliphatic rings. The topological polar surface area (TPSA) is 81.7 Å². The molecule has 0 atom stereocenters. The van der Waals surface area contributed by atoms with E-state index in [1.807, 2.05) is 72.8 Å². The van der Waals surface area contributed by atoms with Crippen molar-refractivity contribution in [3.05, 3.63) is 107 Å². The maximum Gasteiger partial charge on any atom is 0.338 e. The van der Waals surface area contributed by atoms with E-state index in [2.05, 4.69) is 20.8 Å². The lowest BCUT2D eigenvalue weighted by molar-refractivity contribution is 0.0599. The molecule has 8 heteroatoms. The smallest absolute Gasteiger partial charge is 0.338 e. The molecule has 0 N–H and O–H groups in total. The second kappa shape index (κ2) is 20.5. The van der Waals surface area contributed by atoms with Crippen LogP contribution in [0.25, 0.3) is 0 Å². The summed E-state index contributed by atoms with van der Waals surface area (Å²) in [5.41, 5.74) is 3.08. The minimum atomic E-state index is -0.512. The van der Waals surface area contributed by atoms with Gasteiger partial charge in [0.05, 0.1) is 32.5 Å². The van der Waals surface area contributed by atoms with E-state index in [9.17, 15) is 4.79 Å². The van der Waals surface area contributed by atoms with Crippen molar-refractivity contribution in [3.8, 4) is 34.5 Å². The first-order valence-corrected chi connectivity index (χ1v) is 17.3. The molecule has 4 aromatic carbocycles. The first kappa shape index (κ1) is 37.0. The number of unbranched alkanes of at least 4 members (excludes halogenated alkanes) is 3. The quantitative estimate of drug-likeness (QED) is 0.0604. The molecule has 0 fully saturated rings. The van der Waals surface area contributed by atoms with Gasteiger partial charge in [-0.3, -0.25) is 0 Å². The fourth-order valence-corrected chi connectivity index (χ4v) is 4.70. The number of carbonyl (C=O) groups excluding carboxylic acids is 1. The highest BCUT2D eigenvalue weighted by molar-refractivity contribution is 5.91. The average molecular weight is 671 g/mol. The summed E-state index contributed by atoms with van der Waals surface area (Å²) < 4.78 is 41.6. The van der Waals surface area contributed by atoms with Gasteiger partial charge < -0.3 is 33.2 Å². The fourth-order valence-electron chi connectivity index (χ4n) is 4.70. The van der Waals surface area contributed by atoms with Gasteiger partial charge in [0.25, 0.3) is 0 Å². The van der Waals surface area contributed by atoms with Crippen LogP contribution in [-0.2, 0) is 24.6 Å². The zero-order valence-corrected chi connectivity index (χ0v) is 29.3. The monoisotopic (exact) mass is 670 g/mol. The van der Waals surface area contributed by atoms with Gasteiger partial charge in [0.1, 0.15) is 37.1 Å². The molecule has 262 valence electrons. The highest BCUT2D eigenvalue weighted by atomic mass is 16.5. The van der Waals surface area contributed by atoms with Crippen LogP contribution in [0.4, 0.5) is 0 Å². The number of benzene rings is 4.